The molecule has 0 amide bonds. The second kappa shape index (κ2) is 4.21. The predicted molar refractivity (Wildman–Crippen MR) is 63.7 cm³/mol. The maximum atomic E-state index is 6.17. The molecule has 0 radical (unpaired) electrons. The summed E-state index contributed by atoms with van der Waals surface area (Å²) in [6.45, 7) is 0. The van der Waals surface area contributed by atoms with Crippen molar-refractivity contribution in [2.75, 3.05) is 0 Å². The lowest BCUT2D eigenvalue weighted by Crippen LogP contribution is -2.22. The molecule has 2 unspecified atom stereocenters. The van der Waals surface area contributed by atoms with Crippen molar-refractivity contribution in [1.82, 2.24) is 0 Å². The summed E-state index contributed by atoms with van der Waals surface area (Å²) in [5, 5.41) is 0.843. The summed E-state index contributed by atoms with van der Waals surface area (Å²) < 4.78 is 1.08. The Labute approximate surface area is 97.8 Å². The van der Waals surface area contributed by atoms with E-state index in [1.165, 1.54) is 12.0 Å². The van der Waals surface area contributed by atoms with Gasteiger partial charge in [0.1, 0.15) is 0 Å². The third-order valence-corrected chi connectivity index (χ3v) is 3.76. The number of benzene rings is 1. The van der Waals surface area contributed by atoms with E-state index in [1.807, 2.05) is 12.1 Å². The number of rotatable bonds is 1. The van der Waals surface area contributed by atoms with Crippen LogP contribution in [0.3, 0.4) is 0 Å². The van der Waals surface area contributed by atoms with Gasteiger partial charge in [-0.05, 0) is 36.6 Å². The Bertz CT molecular complexity index is 340. The molecule has 1 aromatic rings. The maximum absolute atomic E-state index is 6.17. The summed E-state index contributed by atoms with van der Waals surface area (Å²) in [4.78, 5) is 0. The number of halogens is 2. The van der Waals surface area contributed by atoms with E-state index >= 15 is 0 Å². The van der Waals surface area contributed by atoms with E-state index in [0.29, 0.717) is 5.92 Å². The lowest BCUT2D eigenvalue weighted by atomic mass is 9.95. The SMILES string of the molecule is NC1CCCC1c1cc(Br)ccc1Cl. The zero-order valence-electron chi connectivity index (χ0n) is 7.84. The van der Waals surface area contributed by atoms with Gasteiger partial charge in [-0.25, -0.2) is 0 Å². The first-order chi connectivity index (χ1) is 6.68. The van der Waals surface area contributed by atoms with Crippen LogP contribution in [-0.2, 0) is 0 Å². The first-order valence-electron chi connectivity index (χ1n) is 4.89. The second-order valence-corrected chi connectivity index (χ2v) is 5.19. The molecule has 14 heavy (non-hydrogen) atoms. The van der Waals surface area contributed by atoms with Gasteiger partial charge < -0.3 is 5.73 Å². The fraction of sp³-hybridized carbons (Fsp3) is 0.455. The molecule has 0 spiro atoms. The largest absolute Gasteiger partial charge is 0.327 e. The highest BCUT2D eigenvalue weighted by molar-refractivity contribution is 9.10. The maximum Gasteiger partial charge on any atom is 0.0442 e. The van der Waals surface area contributed by atoms with Gasteiger partial charge in [0.15, 0.2) is 0 Å². The highest BCUT2D eigenvalue weighted by Crippen LogP contribution is 2.37. The van der Waals surface area contributed by atoms with Crippen molar-refractivity contribution in [2.45, 2.75) is 31.2 Å². The molecular weight excluding hydrogens is 261 g/mol. The Balaban J connectivity index is 2.34. The van der Waals surface area contributed by atoms with Gasteiger partial charge >= 0.3 is 0 Å². The lowest BCUT2D eigenvalue weighted by Gasteiger charge is -2.17. The van der Waals surface area contributed by atoms with E-state index in [4.69, 9.17) is 17.3 Å². The van der Waals surface area contributed by atoms with Crippen molar-refractivity contribution in [3.63, 3.8) is 0 Å². The molecule has 0 heterocycles. The second-order valence-electron chi connectivity index (χ2n) is 3.87. The highest BCUT2D eigenvalue weighted by Gasteiger charge is 2.26. The van der Waals surface area contributed by atoms with Gasteiger partial charge in [-0.2, -0.15) is 0 Å². The number of hydrogen-bond acceptors (Lipinski definition) is 1. The smallest absolute Gasteiger partial charge is 0.0442 e. The first kappa shape index (κ1) is 10.5. The third-order valence-electron chi connectivity index (χ3n) is 2.93. The molecule has 1 saturated carbocycles. The zero-order chi connectivity index (χ0) is 10.1. The minimum atomic E-state index is 0.279. The van der Waals surface area contributed by atoms with Gasteiger partial charge in [-0.3, -0.25) is 0 Å². The summed E-state index contributed by atoms with van der Waals surface area (Å²) in [6, 6.07) is 6.28. The standard InChI is InChI=1S/C11H13BrClN/c12-7-4-5-10(13)9(6-7)8-2-1-3-11(8)14/h4-6,8,11H,1-3,14H2. The molecule has 1 fully saturated rings. The Hall–Kier alpha value is -0.0500. The zero-order valence-corrected chi connectivity index (χ0v) is 10.2. The van der Waals surface area contributed by atoms with E-state index in [-0.39, 0.29) is 6.04 Å². The monoisotopic (exact) mass is 273 g/mol. The molecule has 1 aromatic carbocycles. The van der Waals surface area contributed by atoms with Gasteiger partial charge in [-0.15, -0.1) is 0 Å². The van der Waals surface area contributed by atoms with E-state index in [9.17, 15) is 0 Å². The van der Waals surface area contributed by atoms with Crippen LogP contribution < -0.4 is 5.73 Å². The van der Waals surface area contributed by atoms with E-state index < -0.39 is 0 Å². The average Bonchev–Trinajstić information content (AvgIpc) is 2.56. The van der Waals surface area contributed by atoms with Crippen molar-refractivity contribution >= 4 is 27.5 Å². The van der Waals surface area contributed by atoms with Crippen molar-refractivity contribution in [2.24, 2.45) is 5.73 Å². The minimum Gasteiger partial charge on any atom is -0.327 e. The molecule has 2 atom stereocenters. The van der Waals surface area contributed by atoms with Crippen molar-refractivity contribution < 1.29 is 0 Å². The molecule has 0 saturated heterocycles. The summed E-state index contributed by atoms with van der Waals surface area (Å²) in [7, 11) is 0. The van der Waals surface area contributed by atoms with Crippen molar-refractivity contribution in [3.8, 4) is 0 Å². The Morgan fingerprint density at radius 2 is 2.14 bits per heavy atom. The van der Waals surface area contributed by atoms with Gasteiger partial charge in [0, 0.05) is 21.5 Å². The predicted octanol–water partition coefficient (Wildman–Crippen LogP) is 3.70. The molecule has 0 bridgehead atoms. The molecule has 2 rings (SSSR count). The van der Waals surface area contributed by atoms with Crippen LogP contribution in [0, 0.1) is 0 Å². The molecule has 0 aliphatic heterocycles. The summed E-state index contributed by atoms with van der Waals surface area (Å²) in [6.07, 6.45) is 3.50. The summed E-state index contributed by atoms with van der Waals surface area (Å²) in [5.41, 5.74) is 7.26. The van der Waals surface area contributed by atoms with Gasteiger partial charge in [0.05, 0.1) is 0 Å². The highest BCUT2D eigenvalue weighted by atomic mass is 79.9. The third kappa shape index (κ3) is 1.97. The molecule has 3 heteroatoms. The van der Waals surface area contributed by atoms with Crippen molar-refractivity contribution in [3.05, 3.63) is 33.3 Å². The van der Waals surface area contributed by atoms with Crippen molar-refractivity contribution in [1.29, 1.82) is 0 Å². The minimum absolute atomic E-state index is 0.279. The van der Waals surface area contributed by atoms with E-state index in [0.717, 1.165) is 22.3 Å². The van der Waals surface area contributed by atoms with Gasteiger partial charge in [-0.1, -0.05) is 34.0 Å². The normalized spacial score (nSPS) is 26.8. The number of nitrogens with two attached hydrogens (primary N) is 1. The van der Waals surface area contributed by atoms with Gasteiger partial charge in [0.2, 0.25) is 0 Å². The Morgan fingerprint density at radius 3 is 2.79 bits per heavy atom. The van der Waals surface area contributed by atoms with Crippen LogP contribution in [0.25, 0.3) is 0 Å². The summed E-state index contributed by atoms with van der Waals surface area (Å²) >= 11 is 9.63. The molecule has 0 aromatic heterocycles. The summed E-state index contributed by atoms with van der Waals surface area (Å²) in [5.74, 6) is 0.444. The van der Waals surface area contributed by atoms with Crippen LogP contribution in [0.4, 0.5) is 0 Å². The van der Waals surface area contributed by atoms with Crippen LogP contribution in [0.15, 0.2) is 22.7 Å². The average molecular weight is 275 g/mol. The topological polar surface area (TPSA) is 26.0 Å². The van der Waals surface area contributed by atoms with Crippen LogP contribution in [0.2, 0.25) is 5.02 Å². The van der Waals surface area contributed by atoms with Gasteiger partial charge in [0.25, 0.3) is 0 Å². The quantitative estimate of drug-likeness (QED) is 0.830. The molecular formula is C11H13BrClN. The van der Waals surface area contributed by atoms with Crippen LogP contribution >= 0.6 is 27.5 Å². The van der Waals surface area contributed by atoms with Crippen LogP contribution in [-0.4, -0.2) is 6.04 Å². The molecule has 1 aliphatic carbocycles. The van der Waals surface area contributed by atoms with E-state index in [2.05, 4.69) is 22.0 Å². The lowest BCUT2D eigenvalue weighted by molar-refractivity contribution is 0.613. The van der Waals surface area contributed by atoms with E-state index in [1.54, 1.807) is 0 Å². The first-order valence-corrected chi connectivity index (χ1v) is 6.06. The molecule has 76 valence electrons. The molecule has 1 aliphatic rings. The van der Waals surface area contributed by atoms with Crippen LogP contribution in [0.5, 0.6) is 0 Å². The van der Waals surface area contributed by atoms with Crippen LogP contribution in [0.1, 0.15) is 30.7 Å². The Morgan fingerprint density at radius 1 is 1.36 bits per heavy atom. The molecule has 2 N–H and O–H groups in total. The fourth-order valence-corrected chi connectivity index (χ4v) is 2.81. The Kier molecular flexibility index (Phi) is 3.15. The molecule has 1 nitrogen and oxygen atoms in total. The fourth-order valence-electron chi connectivity index (χ4n) is 2.17. The number of hydrogen-bond donors (Lipinski definition) is 1.